The van der Waals surface area contributed by atoms with Crippen LogP contribution in [0.3, 0.4) is 0 Å². The largest absolute Gasteiger partial charge is 0.379 e. The van der Waals surface area contributed by atoms with E-state index in [1.54, 1.807) is 23.9 Å². The Balaban J connectivity index is 1.32. The van der Waals surface area contributed by atoms with Crippen LogP contribution in [0.1, 0.15) is 5.56 Å². The molecule has 1 saturated heterocycles. The van der Waals surface area contributed by atoms with Gasteiger partial charge in [-0.1, -0.05) is 41.7 Å². The van der Waals surface area contributed by atoms with Crippen LogP contribution in [-0.4, -0.2) is 55.1 Å². The summed E-state index contributed by atoms with van der Waals surface area (Å²) in [6.45, 7) is 1.51. The molecular formula is C20H21N3O4S3. The molecule has 0 aliphatic carbocycles. The number of ether oxygens (including phenoxy) is 1. The minimum absolute atomic E-state index is 0.161. The Morgan fingerprint density at radius 2 is 1.87 bits per heavy atom. The second kappa shape index (κ2) is 9.52. The number of nitrogens with one attached hydrogen (secondary N) is 1. The highest BCUT2D eigenvalue weighted by atomic mass is 32.2. The van der Waals surface area contributed by atoms with Gasteiger partial charge in [-0.15, -0.1) is 0 Å². The predicted octanol–water partition coefficient (Wildman–Crippen LogP) is 3.31. The lowest BCUT2D eigenvalue weighted by atomic mass is 10.2. The number of hydrogen-bond donors (Lipinski definition) is 1. The summed E-state index contributed by atoms with van der Waals surface area (Å²) in [4.78, 5) is 17.1. The second-order valence-corrected chi connectivity index (χ2v) is 10.8. The Morgan fingerprint density at radius 3 is 2.63 bits per heavy atom. The minimum atomic E-state index is -3.54. The number of carbonyl (C=O) groups is 1. The number of nitrogens with zero attached hydrogens (tertiary/aromatic N) is 2. The van der Waals surface area contributed by atoms with Gasteiger partial charge in [0.1, 0.15) is 4.38 Å². The molecule has 1 N–H and O–H groups in total. The Morgan fingerprint density at radius 1 is 1.13 bits per heavy atom. The SMILES string of the molecule is O=C(CSC1=Nc2ccccc2CS1)Nc1ccc(S(=O)(=O)N2CCOCC2)cc1. The fourth-order valence-corrected chi connectivity index (χ4v) is 6.33. The molecule has 0 bridgehead atoms. The van der Waals surface area contributed by atoms with E-state index < -0.39 is 10.0 Å². The lowest BCUT2D eigenvalue weighted by Gasteiger charge is -2.26. The number of carbonyl (C=O) groups excluding carboxylic acids is 1. The van der Waals surface area contributed by atoms with Crippen molar-refractivity contribution in [1.29, 1.82) is 0 Å². The molecule has 2 aromatic rings. The summed E-state index contributed by atoms with van der Waals surface area (Å²) >= 11 is 3.03. The van der Waals surface area contributed by atoms with E-state index in [2.05, 4.69) is 16.4 Å². The number of fused-ring (bicyclic) bond motifs is 1. The van der Waals surface area contributed by atoms with Crippen LogP contribution >= 0.6 is 23.5 Å². The highest BCUT2D eigenvalue weighted by molar-refractivity contribution is 8.38. The van der Waals surface area contributed by atoms with Gasteiger partial charge < -0.3 is 10.1 Å². The van der Waals surface area contributed by atoms with Crippen LogP contribution in [0.4, 0.5) is 11.4 Å². The van der Waals surface area contributed by atoms with Gasteiger partial charge in [-0.3, -0.25) is 4.79 Å². The predicted molar refractivity (Wildman–Crippen MR) is 122 cm³/mol. The zero-order chi connectivity index (χ0) is 21.0. The zero-order valence-electron chi connectivity index (χ0n) is 16.1. The van der Waals surface area contributed by atoms with Crippen molar-refractivity contribution < 1.29 is 17.9 Å². The van der Waals surface area contributed by atoms with Gasteiger partial charge in [0.2, 0.25) is 15.9 Å². The molecule has 2 aliphatic rings. The average Bonchev–Trinajstić information content (AvgIpc) is 2.78. The summed E-state index contributed by atoms with van der Waals surface area (Å²) < 4.78 is 32.8. The number of sulfonamides is 1. The van der Waals surface area contributed by atoms with Crippen LogP contribution in [0.2, 0.25) is 0 Å². The third kappa shape index (κ3) is 5.06. The van der Waals surface area contributed by atoms with E-state index in [0.717, 1.165) is 15.8 Å². The molecular weight excluding hydrogens is 442 g/mol. The van der Waals surface area contributed by atoms with Crippen molar-refractivity contribution in [3.63, 3.8) is 0 Å². The maximum absolute atomic E-state index is 12.7. The van der Waals surface area contributed by atoms with Gasteiger partial charge in [0, 0.05) is 24.5 Å². The molecule has 0 saturated carbocycles. The lowest BCUT2D eigenvalue weighted by Crippen LogP contribution is -2.40. The molecule has 0 atom stereocenters. The Bertz CT molecular complexity index is 1050. The van der Waals surface area contributed by atoms with Crippen LogP contribution in [-0.2, 0) is 25.3 Å². The van der Waals surface area contributed by atoms with E-state index in [0.29, 0.717) is 32.0 Å². The van der Waals surface area contributed by atoms with Gasteiger partial charge in [0.25, 0.3) is 0 Å². The standard InChI is InChI=1S/C20H21N3O4S3/c24-19(14-29-20-22-18-4-2-1-3-15(18)13-28-20)21-16-5-7-17(8-6-16)30(25,26)23-9-11-27-12-10-23/h1-8H,9-14H2,(H,21,24). The van der Waals surface area contributed by atoms with Crippen molar-refractivity contribution in [3.8, 4) is 0 Å². The summed E-state index contributed by atoms with van der Waals surface area (Å²) in [7, 11) is -3.54. The first kappa shape index (κ1) is 21.4. The molecule has 4 rings (SSSR count). The molecule has 158 valence electrons. The number of thioether (sulfide) groups is 2. The molecule has 2 aliphatic heterocycles. The molecule has 0 radical (unpaired) electrons. The number of anilines is 1. The van der Waals surface area contributed by atoms with Gasteiger partial charge in [-0.2, -0.15) is 4.31 Å². The fourth-order valence-electron chi connectivity index (χ4n) is 3.06. The van der Waals surface area contributed by atoms with Crippen molar-refractivity contribution in [2.45, 2.75) is 10.6 Å². The highest BCUT2D eigenvalue weighted by Gasteiger charge is 2.26. The fraction of sp³-hybridized carbons (Fsp3) is 0.300. The first-order valence-electron chi connectivity index (χ1n) is 9.42. The van der Waals surface area contributed by atoms with Crippen LogP contribution in [0, 0.1) is 0 Å². The lowest BCUT2D eigenvalue weighted by molar-refractivity contribution is -0.113. The Hall–Kier alpha value is -1.85. The van der Waals surface area contributed by atoms with Gasteiger partial charge in [0.15, 0.2) is 0 Å². The molecule has 2 heterocycles. The molecule has 1 fully saturated rings. The zero-order valence-corrected chi connectivity index (χ0v) is 18.6. The molecule has 0 spiro atoms. The van der Waals surface area contributed by atoms with E-state index >= 15 is 0 Å². The first-order chi connectivity index (χ1) is 14.5. The number of morpholine rings is 1. The highest BCUT2D eigenvalue weighted by Crippen LogP contribution is 2.34. The maximum atomic E-state index is 12.7. The number of para-hydroxylation sites is 1. The van der Waals surface area contributed by atoms with Crippen molar-refractivity contribution in [2.75, 3.05) is 37.4 Å². The molecule has 0 unspecified atom stereocenters. The third-order valence-corrected chi connectivity index (χ3v) is 8.79. The molecule has 7 nitrogen and oxygen atoms in total. The quantitative estimate of drug-likeness (QED) is 0.732. The van der Waals surface area contributed by atoms with E-state index in [9.17, 15) is 13.2 Å². The molecule has 10 heteroatoms. The number of amides is 1. The summed E-state index contributed by atoms with van der Waals surface area (Å²) in [6.07, 6.45) is 0. The minimum Gasteiger partial charge on any atom is -0.379 e. The van der Waals surface area contributed by atoms with Crippen LogP contribution < -0.4 is 5.32 Å². The summed E-state index contributed by atoms with van der Waals surface area (Å²) in [5, 5.41) is 2.81. The van der Waals surface area contributed by atoms with E-state index in [-0.39, 0.29) is 16.6 Å². The van der Waals surface area contributed by atoms with Crippen molar-refractivity contribution in [3.05, 3.63) is 54.1 Å². The topological polar surface area (TPSA) is 88.1 Å². The van der Waals surface area contributed by atoms with Gasteiger partial charge in [0.05, 0.1) is 29.5 Å². The molecule has 0 aromatic heterocycles. The first-order valence-corrected chi connectivity index (χ1v) is 12.8. The van der Waals surface area contributed by atoms with Gasteiger partial charge >= 0.3 is 0 Å². The van der Waals surface area contributed by atoms with Crippen molar-refractivity contribution in [1.82, 2.24) is 4.31 Å². The van der Waals surface area contributed by atoms with Crippen LogP contribution in [0.25, 0.3) is 0 Å². The van der Waals surface area contributed by atoms with Crippen LogP contribution in [0.15, 0.2) is 58.4 Å². The van der Waals surface area contributed by atoms with E-state index in [1.165, 1.54) is 33.8 Å². The molecule has 30 heavy (non-hydrogen) atoms. The number of rotatable bonds is 5. The van der Waals surface area contributed by atoms with E-state index in [1.807, 2.05) is 18.2 Å². The summed E-state index contributed by atoms with van der Waals surface area (Å²) in [5.74, 6) is 0.927. The van der Waals surface area contributed by atoms with Gasteiger partial charge in [-0.25, -0.2) is 13.4 Å². The van der Waals surface area contributed by atoms with E-state index in [4.69, 9.17) is 4.74 Å². The van der Waals surface area contributed by atoms with Crippen LogP contribution in [0.5, 0.6) is 0 Å². The Kier molecular flexibility index (Phi) is 6.79. The Labute approximate surface area is 184 Å². The smallest absolute Gasteiger partial charge is 0.243 e. The van der Waals surface area contributed by atoms with Crippen molar-refractivity contribution in [2.24, 2.45) is 4.99 Å². The second-order valence-electron chi connectivity index (χ2n) is 6.67. The molecule has 2 aromatic carbocycles. The summed E-state index contributed by atoms with van der Waals surface area (Å²) in [6, 6.07) is 14.2. The monoisotopic (exact) mass is 463 g/mol. The average molecular weight is 464 g/mol. The van der Waals surface area contributed by atoms with Gasteiger partial charge in [-0.05, 0) is 35.9 Å². The normalized spacial score (nSPS) is 17.1. The molecule has 1 amide bonds. The number of benzene rings is 2. The maximum Gasteiger partial charge on any atom is 0.243 e. The van der Waals surface area contributed by atoms with Crippen molar-refractivity contribution >= 4 is 55.2 Å². The summed E-state index contributed by atoms with van der Waals surface area (Å²) in [5.41, 5.74) is 2.71. The number of hydrogen-bond acceptors (Lipinski definition) is 7. The number of aliphatic imine (C=N–C) groups is 1. The third-order valence-electron chi connectivity index (χ3n) is 4.63.